The zero-order valence-corrected chi connectivity index (χ0v) is 16.1. The Labute approximate surface area is 162 Å². The number of non-ortho nitro benzene ring substituents is 1. The van der Waals surface area contributed by atoms with E-state index in [1.807, 2.05) is 48.9 Å². The monoisotopic (exact) mass is 401 g/mol. The maximum absolute atomic E-state index is 11.9. The second kappa shape index (κ2) is 7.41. The molecule has 0 radical (unpaired) electrons. The number of nitrogens with one attached hydrogen (secondary N) is 1. The zero-order chi connectivity index (χ0) is 20.5. The van der Waals surface area contributed by atoms with Crippen molar-refractivity contribution < 1.29 is 13.3 Å². The lowest BCUT2D eigenvalue weighted by Crippen LogP contribution is -2.15. The summed E-state index contributed by atoms with van der Waals surface area (Å²) in [6.45, 7) is 4.06. The van der Waals surface area contributed by atoms with Crippen molar-refractivity contribution >= 4 is 21.4 Å². The van der Waals surface area contributed by atoms with Crippen LogP contribution in [0, 0.1) is 24.0 Å². The van der Waals surface area contributed by atoms with Gasteiger partial charge in [0.05, 0.1) is 22.0 Å². The van der Waals surface area contributed by atoms with Gasteiger partial charge >= 0.3 is 0 Å². The SMILES string of the molecule is Cc1nn(-c2ccccc2)c(C)c1CNc1ccc([N+](=O)[O-])cc1S(N)(=O)=O. The Hall–Kier alpha value is -3.24. The third kappa shape index (κ3) is 3.87. The van der Waals surface area contributed by atoms with Crippen molar-refractivity contribution in [1.82, 2.24) is 9.78 Å². The topological polar surface area (TPSA) is 133 Å². The number of anilines is 1. The first kappa shape index (κ1) is 19.5. The number of benzene rings is 2. The molecule has 0 saturated carbocycles. The minimum atomic E-state index is -4.14. The minimum Gasteiger partial charge on any atom is -0.380 e. The standard InChI is InChI=1S/C18H19N5O4S/c1-12-16(13(2)22(21-12)14-6-4-3-5-7-14)11-20-17-9-8-15(23(24)25)10-18(17)28(19,26)27/h3-10,20H,11H2,1-2H3,(H2,19,26,27). The Morgan fingerprint density at radius 2 is 1.86 bits per heavy atom. The van der Waals surface area contributed by atoms with Gasteiger partial charge in [0.2, 0.25) is 10.0 Å². The van der Waals surface area contributed by atoms with Crippen LogP contribution in [0.1, 0.15) is 17.0 Å². The van der Waals surface area contributed by atoms with Crippen LogP contribution in [-0.4, -0.2) is 23.1 Å². The number of nitrogens with zero attached hydrogens (tertiary/aromatic N) is 3. The lowest BCUT2D eigenvalue weighted by atomic mass is 10.2. The van der Waals surface area contributed by atoms with Gasteiger partial charge in [0.25, 0.3) is 5.69 Å². The summed E-state index contributed by atoms with van der Waals surface area (Å²) in [7, 11) is -4.14. The predicted molar refractivity (Wildman–Crippen MR) is 105 cm³/mol. The van der Waals surface area contributed by atoms with Crippen LogP contribution in [0.5, 0.6) is 0 Å². The quantitative estimate of drug-likeness (QED) is 0.482. The van der Waals surface area contributed by atoms with E-state index >= 15 is 0 Å². The molecule has 2 aromatic carbocycles. The molecule has 0 amide bonds. The van der Waals surface area contributed by atoms with Gasteiger partial charge in [0.1, 0.15) is 4.90 Å². The maximum atomic E-state index is 11.9. The number of aryl methyl sites for hydroxylation is 1. The van der Waals surface area contributed by atoms with Crippen molar-refractivity contribution in [2.75, 3.05) is 5.32 Å². The highest BCUT2D eigenvalue weighted by atomic mass is 32.2. The van der Waals surface area contributed by atoms with Gasteiger partial charge in [-0.25, -0.2) is 18.2 Å². The number of para-hydroxylation sites is 1. The van der Waals surface area contributed by atoms with Gasteiger partial charge in [-0.3, -0.25) is 10.1 Å². The summed E-state index contributed by atoms with van der Waals surface area (Å²) in [6, 6.07) is 13.1. The van der Waals surface area contributed by atoms with E-state index in [0.29, 0.717) is 0 Å². The molecule has 0 aliphatic rings. The third-order valence-corrected chi connectivity index (χ3v) is 5.33. The summed E-state index contributed by atoms with van der Waals surface area (Å²) in [5.41, 5.74) is 3.33. The first-order valence-corrected chi connectivity index (χ1v) is 9.88. The summed E-state index contributed by atoms with van der Waals surface area (Å²) in [5.74, 6) is 0. The van der Waals surface area contributed by atoms with E-state index in [0.717, 1.165) is 28.7 Å². The lowest BCUT2D eigenvalue weighted by molar-refractivity contribution is -0.385. The molecule has 3 N–H and O–H groups in total. The number of primary sulfonamides is 1. The van der Waals surface area contributed by atoms with Crippen molar-refractivity contribution in [3.05, 3.63) is 75.6 Å². The average Bonchev–Trinajstić information content (AvgIpc) is 2.93. The smallest absolute Gasteiger partial charge is 0.270 e. The number of sulfonamides is 1. The Balaban J connectivity index is 1.93. The fraction of sp³-hybridized carbons (Fsp3) is 0.167. The Bertz CT molecular complexity index is 1140. The first-order chi connectivity index (χ1) is 13.2. The van der Waals surface area contributed by atoms with Gasteiger partial charge in [-0.1, -0.05) is 18.2 Å². The van der Waals surface area contributed by atoms with Crippen LogP contribution in [-0.2, 0) is 16.6 Å². The van der Waals surface area contributed by atoms with E-state index in [1.165, 1.54) is 12.1 Å². The molecule has 0 spiro atoms. The van der Waals surface area contributed by atoms with Crippen LogP contribution >= 0.6 is 0 Å². The largest absolute Gasteiger partial charge is 0.380 e. The number of nitro benzene ring substituents is 1. The second-order valence-corrected chi connectivity index (χ2v) is 7.76. The average molecular weight is 401 g/mol. The van der Waals surface area contributed by atoms with Crippen LogP contribution < -0.4 is 10.5 Å². The summed E-state index contributed by atoms with van der Waals surface area (Å²) < 4.78 is 25.5. The molecule has 0 atom stereocenters. The fourth-order valence-electron chi connectivity index (χ4n) is 2.94. The number of nitrogens with two attached hydrogens (primary N) is 1. The van der Waals surface area contributed by atoms with E-state index in [2.05, 4.69) is 10.4 Å². The molecular weight excluding hydrogens is 382 g/mol. The first-order valence-electron chi connectivity index (χ1n) is 8.34. The van der Waals surface area contributed by atoms with Gasteiger partial charge in [-0.2, -0.15) is 5.10 Å². The molecule has 1 heterocycles. The van der Waals surface area contributed by atoms with E-state index in [9.17, 15) is 18.5 Å². The molecule has 0 unspecified atom stereocenters. The zero-order valence-electron chi connectivity index (χ0n) is 15.3. The summed E-state index contributed by atoms with van der Waals surface area (Å²) in [6.07, 6.45) is 0. The minimum absolute atomic E-state index is 0.194. The Kier molecular flexibility index (Phi) is 5.16. The number of nitro groups is 1. The normalized spacial score (nSPS) is 11.4. The van der Waals surface area contributed by atoms with Crippen LogP contribution in [0.25, 0.3) is 5.69 Å². The van der Waals surface area contributed by atoms with Gasteiger partial charge in [-0.05, 0) is 32.0 Å². The fourth-order valence-corrected chi connectivity index (χ4v) is 3.67. The molecule has 3 aromatic rings. The van der Waals surface area contributed by atoms with Crippen molar-refractivity contribution in [1.29, 1.82) is 0 Å². The van der Waals surface area contributed by atoms with E-state index in [4.69, 9.17) is 5.14 Å². The van der Waals surface area contributed by atoms with Crippen molar-refractivity contribution in [2.24, 2.45) is 5.14 Å². The Morgan fingerprint density at radius 3 is 2.46 bits per heavy atom. The molecule has 1 aromatic heterocycles. The van der Waals surface area contributed by atoms with Crippen LogP contribution in [0.3, 0.4) is 0 Å². The predicted octanol–water partition coefficient (Wildman–Crippen LogP) is 2.66. The lowest BCUT2D eigenvalue weighted by Gasteiger charge is -2.11. The second-order valence-electron chi connectivity index (χ2n) is 6.23. The third-order valence-electron chi connectivity index (χ3n) is 4.38. The molecule has 0 aliphatic heterocycles. The highest BCUT2D eigenvalue weighted by Crippen LogP contribution is 2.27. The number of hydrogen-bond donors (Lipinski definition) is 2. The highest BCUT2D eigenvalue weighted by Gasteiger charge is 2.20. The molecule has 0 aliphatic carbocycles. The van der Waals surface area contributed by atoms with Crippen molar-refractivity contribution in [3.8, 4) is 5.69 Å². The molecule has 0 bridgehead atoms. The molecule has 10 heteroatoms. The van der Waals surface area contributed by atoms with Crippen LogP contribution in [0.4, 0.5) is 11.4 Å². The molecule has 3 rings (SSSR count). The maximum Gasteiger partial charge on any atom is 0.270 e. The molecule has 0 saturated heterocycles. The van der Waals surface area contributed by atoms with Gasteiger partial charge in [0, 0.05) is 29.9 Å². The summed E-state index contributed by atoms with van der Waals surface area (Å²) in [5, 5.41) is 23.7. The number of aromatic nitrogens is 2. The number of rotatable bonds is 6. The molecule has 28 heavy (non-hydrogen) atoms. The highest BCUT2D eigenvalue weighted by molar-refractivity contribution is 7.89. The van der Waals surface area contributed by atoms with Crippen LogP contribution in [0.15, 0.2) is 53.4 Å². The molecular formula is C18H19N5O4S. The molecule has 146 valence electrons. The van der Waals surface area contributed by atoms with E-state index < -0.39 is 14.9 Å². The van der Waals surface area contributed by atoms with Gasteiger partial charge in [0.15, 0.2) is 0 Å². The molecule has 9 nitrogen and oxygen atoms in total. The van der Waals surface area contributed by atoms with Crippen LogP contribution in [0.2, 0.25) is 0 Å². The van der Waals surface area contributed by atoms with Gasteiger partial charge < -0.3 is 5.32 Å². The van der Waals surface area contributed by atoms with E-state index in [1.54, 1.807) is 0 Å². The van der Waals surface area contributed by atoms with E-state index in [-0.39, 0.29) is 22.8 Å². The number of hydrogen-bond acceptors (Lipinski definition) is 6. The summed E-state index contributed by atoms with van der Waals surface area (Å²) in [4.78, 5) is 9.94. The Morgan fingerprint density at radius 1 is 1.18 bits per heavy atom. The summed E-state index contributed by atoms with van der Waals surface area (Å²) >= 11 is 0. The van der Waals surface area contributed by atoms with Crippen molar-refractivity contribution in [3.63, 3.8) is 0 Å². The molecule has 0 fully saturated rings. The van der Waals surface area contributed by atoms with Crippen molar-refractivity contribution in [2.45, 2.75) is 25.3 Å². The van der Waals surface area contributed by atoms with Gasteiger partial charge in [-0.15, -0.1) is 0 Å².